The SMILES string of the molecule is CCN(CC)CC(O)c1cnc(-c2ccccc2)nc1C.Cl. The molecule has 5 heteroatoms. The first-order valence-corrected chi connectivity index (χ1v) is 7.45. The summed E-state index contributed by atoms with van der Waals surface area (Å²) in [5, 5.41) is 10.4. The molecule has 0 fully saturated rings. The third kappa shape index (κ3) is 4.50. The molecule has 4 nitrogen and oxygen atoms in total. The number of aromatic nitrogens is 2. The fourth-order valence-electron chi connectivity index (χ4n) is 2.35. The number of nitrogens with zero attached hydrogens (tertiary/aromatic N) is 3. The lowest BCUT2D eigenvalue weighted by Crippen LogP contribution is -2.28. The molecule has 0 aliphatic carbocycles. The lowest BCUT2D eigenvalue weighted by atomic mass is 10.1. The first kappa shape index (κ1) is 18.6. The quantitative estimate of drug-likeness (QED) is 0.887. The van der Waals surface area contributed by atoms with Crippen LogP contribution in [0, 0.1) is 6.92 Å². The third-order valence-electron chi connectivity index (χ3n) is 3.73. The Kier molecular flexibility index (Phi) is 7.45. The monoisotopic (exact) mass is 321 g/mol. The van der Waals surface area contributed by atoms with Crippen molar-refractivity contribution >= 4 is 12.4 Å². The van der Waals surface area contributed by atoms with Gasteiger partial charge in [0, 0.05) is 29.6 Å². The van der Waals surface area contributed by atoms with E-state index in [9.17, 15) is 5.11 Å². The van der Waals surface area contributed by atoms with E-state index in [2.05, 4.69) is 28.7 Å². The van der Waals surface area contributed by atoms with Gasteiger partial charge in [0.05, 0.1) is 6.10 Å². The minimum Gasteiger partial charge on any atom is -0.387 e. The van der Waals surface area contributed by atoms with Gasteiger partial charge in [-0.3, -0.25) is 0 Å². The van der Waals surface area contributed by atoms with Crippen LogP contribution in [0.5, 0.6) is 0 Å². The van der Waals surface area contributed by atoms with E-state index < -0.39 is 6.10 Å². The Hall–Kier alpha value is -1.49. The normalized spacial score (nSPS) is 12.0. The third-order valence-corrected chi connectivity index (χ3v) is 3.73. The second kappa shape index (κ2) is 8.83. The molecule has 0 bridgehead atoms. The highest BCUT2D eigenvalue weighted by Gasteiger charge is 2.15. The number of hydrogen-bond donors (Lipinski definition) is 1. The first-order chi connectivity index (χ1) is 10.2. The smallest absolute Gasteiger partial charge is 0.159 e. The van der Waals surface area contributed by atoms with Crippen LogP contribution in [0.1, 0.15) is 31.2 Å². The Morgan fingerprint density at radius 1 is 1.14 bits per heavy atom. The molecule has 1 aromatic carbocycles. The fourth-order valence-corrected chi connectivity index (χ4v) is 2.35. The predicted molar refractivity (Wildman–Crippen MR) is 92.2 cm³/mol. The number of halogens is 1. The van der Waals surface area contributed by atoms with Crippen LogP contribution in [0.15, 0.2) is 36.5 Å². The summed E-state index contributed by atoms with van der Waals surface area (Å²) in [5.74, 6) is 0.701. The number of rotatable bonds is 6. The van der Waals surface area contributed by atoms with Crippen molar-refractivity contribution in [3.05, 3.63) is 47.8 Å². The summed E-state index contributed by atoms with van der Waals surface area (Å²) in [4.78, 5) is 11.1. The topological polar surface area (TPSA) is 49.2 Å². The molecule has 0 saturated heterocycles. The average molecular weight is 322 g/mol. The summed E-state index contributed by atoms with van der Waals surface area (Å²) in [5.41, 5.74) is 2.63. The van der Waals surface area contributed by atoms with E-state index in [-0.39, 0.29) is 12.4 Å². The standard InChI is InChI=1S/C17H23N3O.ClH/c1-4-20(5-2)12-16(21)15-11-18-17(19-13(15)3)14-9-7-6-8-10-14;/h6-11,16,21H,4-5,12H2,1-3H3;1H. The van der Waals surface area contributed by atoms with Crippen molar-refractivity contribution in [1.29, 1.82) is 0 Å². The molecule has 120 valence electrons. The maximum Gasteiger partial charge on any atom is 0.159 e. The lowest BCUT2D eigenvalue weighted by Gasteiger charge is -2.22. The second-order valence-electron chi connectivity index (χ2n) is 5.10. The summed E-state index contributed by atoms with van der Waals surface area (Å²) >= 11 is 0. The molecule has 1 N–H and O–H groups in total. The van der Waals surface area contributed by atoms with E-state index in [1.807, 2.05) is 37.3 Å². The Morgan fingerprint density at radius 2 is 1.77 bits per heavy atom. The number of aryl methyl sites for hydroxylation is 1. The fraction of sp³-hybridized carbons (Fsp3) is 0.412. The van der Waals surface area contributed by atoms with Crippen LogP contribution >= 0.6 is 12.4 Å². The molecule has 1 aromatic heterocycles. The number of aliphatic hydroxyl groups is 1. The summed E-state index contributed by atoms with van der Waals surface area (Å²) in [6.45, 7) is 8.58. The summed E-state index contributed by atoms with van der Waals surface area (Å²) in [6, 6.07) is 9.88. The molecule has 1 heterocycles. The number of aliphatic hydroxyl groups excluding tert-OH is 1. The first-order valence-electron chi connectivity index (χ1n) is 7.45. The van der Waals surface area contributed by atoms with E-state index in [0.717, 1.165) is 29.9 Å². The number of likely N-dealkylation sites (N-methyl/N-ethyl adjacent to an activating group) is 1. The lowest BCUT2D eigenvalue weighted by molar-refractivity contribution is 0.118. The molecule has 0 amide bonds. The second-order valence-corrected chi connectivity index (χ2v) is 5.10. The minimum absolute atomic E-state index is 0. The van der Waals surface area contributed by atoms with E-state index in [1.54, 1.807) is 6.20 Å². The van der Waals surface area contributed by atoms with Crippen molar-refractivity contribution in [3.8, 4) is 11.4 Å². The molecule has 22 heavy (non-hydrogen) atoms. The van der Waals surface area contributed by atoms with Crippen molar-refractivity contribution in [3.63, 3.8) is 0 Å². The van der Waals surface area contributed by atoms with Crippen LogP contribution in [0.3, 0.4) is 0 Å². The van der Waals surface area contributed by atoms with Crippen molar-refractivity contribution in [2.75, 3.05) is 19.6 Å². The predicted octanol–water partition coefficient (Wildman–Crippen LogP) is 3.25. The highest BCUT2D eigenvalue weighted by atomic mass is 35.5. The Morgan fingerprint density at radius 3 is 2.32 bits per heavy atom. The van der Waals surface area contributed by atoms with Crippen molar-refractivity contribution < 1.29 is 5.11 Å². The van der Waals surface area contributed by atoms with Crippen molar-refractivity contribution in [1.82, 2.24) is 14.9 Å². The van der Waals surface area contributed by atoms with Crippen LogP contribution in [0.4, 0.5) is 0 Å². The maximum absolute atomic E-state index is 10.4. The molecular formula is C17H24ClN3O. The highest BCUT2D eigenvalue weighted by molar-refractivity contribution is 5.85. The van der Waals surface area contributed by atoms with Crippen molar-refractivity contribution in [2.45, 2.75) is 26.9 Å². The molecule has 1 unspecified atom stereocenters. The van der Waals surface area contributed by atoms with E-state index in [4.69, 9.17) is 0 Å². The van der Waals surface area contributed by atoms with Gasteiger partial charge in [0.25, 0.3) is 0 Å². The molecule has 0 radical (unpaired) electrons. The van der Waals surface area contributed by atoms with Crippen LogP contribution in [-0.2, 0) is 0 Å². The largest absolute Gasteiger partial charge is 0.387 e. The van der Waals surface area contributed by atoms with Crippen LogP contribution in [0.25, 0.3) is 11.4 Å². The van der Waals surface area contributed by atoms with Crippen LogP contribution < -0.4 is 0 Å². The molecule has 0 saturated carbocycles. The Bertz CT molecular complexity index is 573. The Balaban J connectivity index is 0.00000242. The van der Waals surface area contributed by atoms with Crippen LogP contribution in [0.2, 0.25) is 0 Å². The molecule has 0 aliphatic rings. The highest BCUT2D eigenvalue weighted by Crippen LogP contribution is 2.20. The average Bonchev–Trinajstić information content (AvgIpc) is 2.53. The zero-order valence-corrected chi connectivity index (χ0v) is 14.2. The van der Waals surface area contributed by atoms with Gasteiger partial charge >= 0.3 is 0 Å². The van der Waals surface area contributed by atoms with Gasteiger partial charge in [0.1, 0.15) is 0 Å². The molecule has 0 spiro atoms. The van der Waals surface area contributed by atoms with E-state index in [0.29, 0.717) is 12.4 Å². The molecule has 2 rings (SSSR count). The summed E-state index contributed by atoms with van der Waals surface area (Å²) in [7, 11) is 0. The summed E-state index contributed by atoms with van der Waals surface area (Å²) < 4.78 is 0. The van der Waals surface area contributed by atoms with Gasteiger partial charge in [-0.1, -0.05) is 44.2 Å². The van der Waals surface area contributed by atoms with Gasteiger partial charge in [-0.05, 0) is 20.0 Å². The molecule has 2 aromatic rings. The van der Waals surface area contributed by atoms with Gasteiger partial charge in [0.2, 0.25) is 0 Å². The van der Waals surface area contributed by atoms with Gasteiger partial charge in [-0.15, -0.1) is 12.4 Å². The Labute approximate surface area is 138 Å². The van der Waals surface area contributed by atoms with E-state index >= 15 is 0 Å². The van der Waals surface area contributed by atoms with Gasteiger partial charge < -0.3 is 10.0 Å². The zero-order valence-electron chi connectivity index (χ0n) is 13.4. The summed E-state index contributed by atoms with van der Waals surface area (Å²) in [6.07, 6.45) is 1.20. The minimum atomic E-state index is -0.547. The molecule has 0 aliphatic heterocycles. The van der Waals surface area contributed by atoms with Gasteiger partial charge in [0.15, 0.2) is 5.82 Å². The zero-order chi connectivity index (χ0) is 15.2. The van der Waals surface area contributed by atoms with Crippen molar-refractivity contribution in [2.24, 2.45) is 0 Å². The van der Waals surface area contributed by atoms with Gasteiger partial charge in [-0.2, -0.15) is 0 Å². The maximum atomic E-state index is 10.4. The van der Waals surface area contributed by atoms with Crippen LogP contribution in [-0.4, -0.2) is 39.6 Å². The molecule has 1 atom stereocenters. The van der Waals surface area contributed by atoms with E-state index in [1.165, 1.54) is 0 Å². The number of hydrogen-bond acceptors (Lipinski definition) is 4. The van der Waals surface area contributed by atoms with Gasteiger partial charge in [-0.25, -0.2) is 9.97 Å². The number of benzene rings is 1. The molecular weight excluding hydrogens is 298 g/mol.